The summed E-state index contributed by atoms with van der Waals surface area (Å²) in [7, 11) is 1.59. The molecule has 1 aliphatic rings. The summed E-state index contributed by atoms with van der Waals surface area (Å²) in [5, 5.41) is 0. The Kier molecular flexibility index (Phi) is 7.53. The first-order valence-corrected chi connectivity index (χ1v) is 7.63. The quantitative estimate of drug-likeness (QED) is 0.398. The van der Waals surface area contributed by atoms with E-state index in [0.29, 0.717) is 19.6 Å². The Morgan fingerprint density at radius 1 is 1.23 bits per heavy atom. The molecule has 2 rings (SSSR count). The highest BCUT2D eigenvalue weighted by Gasteiger charge is 2.30. The summed E-state index contributed by atoms with van der Waals surface area (Å²) in [5.74, 6) is 0. The zero-order valence-electron chi connectivity index (χ0n) is 13.0. The van der Waals surface area contributed by atoms with Crippen LogP contribution in [0.15, 0.2) is 30.3 Å². The van der Waals surface area contributed by atoms with E-state index >= 15 is 0 Å². The molecular formula is C17H24O5. The van der Waals surface area contributed by atoms with E-state index in [1.54, 1.807) is 7.11 Å². The molecule has 0 radical (unpaired) electrons. The van der Waals surface area contributed by atoms with Crippen molar-refractivity contribution in [1.29, 1.82) is 0 Å². The van der Waals surface area contributed by atoms with Gasteiger partial charge in [-0.2, -0.15) is 0 Å². The molecule has 1 saturated heterocycles. The third-order valence-electron chi connectivity index (χ3n) is 3.63. The number of rotatable bonds is 9. The van der Waals surface area contributed by atoms with Gasteiger partial charge in [-0.15, -0.1) is 0 Å². The molecule has 0 unspecified atom stereocenters. The van der Waals surface area contributed by atoms with Crippen LogP contribution < -0.4 is 0 Å². The van der Waals surface area contributed by atoms with E-state index in [9.17, 15) is 4.79 Å². The lowest BCUT2D eigenvalue weighted by molar-refractivity contribution is -0.155. The van der Waals surface area contributed by atoms with Crippen molar-refractivity contribution in [3.8, 4) is 0 Å². The fraction of sp³-hybridized carbons (Fsp3) is 0.588. The van der Waals surface area contributed by atoms with E-state index in [1.807, 2.05) is 30.3 Å². The average molecular weight is 308 g/mol. The standard InChI is InChI=1S/C17H24O5/c1-19-13-20-12-17-10-16(9-15(22-17)7-8-18)21-11-14-5-3-2-4-6-14/h2-6,8,15-17H,7,9-13H2,1H3/t15-,16-,17-/m1/s1. The van der Waals surface area contributed by atoms with E-state index < -0.39 is 0 Å². The third-order valence-corrected chi connectivity index (χ3v) is 3.63. The normalized spacial score (nSPS) is 25.0. The van der Waals surface area contributed by atoms with Crippen molar-refractivity contribution in [1.82, 2.24) is 0 Å². The Balaban J connectivity index is 1.83. The fourth-order valence-corrected chi connectivity index (χ4v) is 2.62. The molecule has 0 aliphatic carbocycles. The average Bonchev–Trinajstić information content (AvgIpc) is 2.54. The molecule has 1 aromatic carbocycles. The van der Waals surface area contributed by atoms with Crippen molar-refractivity contribution in [2.75, 3.05) is 20.5 Å². The summed E-state index contributed by atoms with van der Waals surface area (Å²) in [6, 6.07) is 10.1. The lowest BCUT2D eigenvalue weighted by Gasteiger charge is -2.34. The summed E-state index contributed by atoms with van der Waals surface area (Å²) in [5.41, 5.74) is 1.15. The summed E-state index contributed by atoms with van der Waals surface area (Å²) in [4.78, 5) is 10.8. The fourth-order valence-electron chi connectivity index (χ4n) is 2.62. The maximum atomic E-state index is 10.8. The van der Waals surface area contributed by atoms with Gasteiger partial charge in [0.15, 0.2) is 0 Å². The Labute approximate surface area is 131 Å². The van der Waals surface area contributed by atoms with E-state index in [-0.39, 0.29) is 25.1 Å². The van der Waals surface area contributed by atoms with E-state index in [0.717, 1.165) is 24.7 Å². The summed E-state index contributed by atoms with van der Waals surface area (Å²) in [6.07, 6.45) is 2.73. The highest BCUT2D eigenvalue weighted by molar-refractivity contribution is 5.50. The van der Waals surface area contributed by atoms with Crippen LogP contribution in [0.5, 0.6) is 0 Å². The van der Waals surface area contributed by atoms with Gasteiger partial charge in [0.2, 0.25) is 0 Å². The van der Waals surface area contributed by atoms with Gasteiger partial charge in [-0.1, -0.05) is 30.3 Å². The lowest BCUT2D eigenvalue weighted by atomic mass is 9.99. The zero-order chi connectivity index (χ0) is 15.6. The minimum Gasteiger partial charge on any atom is -0.373 e. The molecule has 1 heterocycles. The van der Waals surface area contributed by atoms with E-state index in [4.69, 9.17) is 18.9 Å². The Bertz CT molecular complexity index is 422. The van der Waals surface area contributed by atoms with Crippen LogP contribution in [0.25, 0.3) is 0 Å². The number of methoxy groups -OCH3 is 1. The molecule has 0 saturated carbocycles. The number of hydrogen-bond donors (Lipinski definition) is 0. The molecule has 22 heavy (non-hydrogen) atoms. The second-order valence-electron chi connectivity index (χ2n) is 5.45. The molecule has 0 N–H and O–H groups in total. The smallest absolute Gasteiger partial charge is 0.146 e. The molecule has 1 aliphatic heterocycles. The van der Waals surface area contributed by atoms with E-state index in [2.05, 4.69) is 0 Å². The molecule has 0 spiro atoms. The Morgan fingerprint density at radius 3 is 2.73 bits per heavy atom. The molecule has 1 fully saturated rings. The number of aldehydes is 1. The van der Waals surface area contributed by atoms with Gasteiger partial charge in [-0.25, -0.2) is 0 Å². The number of hydrogen-bond acceptors (Lipinski definition) is 5. The summed E-state index contributed by atoms with van der Waals surface area (Å²) < 4.78 is 22.1. The predicted octanol–water partition coefficient (Wildman–Crippen LogP) is 2.33. The molecule has 122 valence electrons. The van der Waals surface area contributed by atoms with Crippen LogP contribution in [-0.4, -0.2) is 45.1 Å². The molecule has 5 heteroatoms. The van der Waals surface area contributed by atoms with Crippen molar-refractivity contribution in [2.24, 2.45) is 0 Å². The van der Waals surface area contributed by atoms with Crippen LogP contribution in [0.1, 0.15) is 24.8 Å². The highest BCUT2D eigenvalue weighted by atomic mass is 16.7. The van der Waals surface area contributed by atoms with Crippen LogP contribution in [0.2, 0.25) is 0 Å². The number of benzene rings is 1. The number of ether oxygens (including phenoxy) is 4. The van der Waals surface area contributed by atoms with Crippen molar-refractivity contribution in [3.05, 3.63) is 35.9 Å². The third kappa shape index (κ3) is 5.85. The molecule has 0 amide bonds. The molecule has 5 nitrogen and oxygen atoms in total. The van der Waals surface area contributed by atoms with Crippen molar-refractivity contribution in [2.45, 2.75) is 44.2 Å². The predicted molar refractivity (Wildman–Crippen MR) is 81.4 cm³/mol. The maximum absolute atomic E-state index is 10.8. The van der Waals surface area contributed by atoms with Gasteiger partial charge in [-0.3, -0.25) is 0 Å². The maximum Gasteiger partial charge on any atom is 0.146 e. The molecule has 3 atom stereocenters. The zero-order valence-corrected chi connectivity index (χ0v) is 13.0. The largest absolute Gasteiger partial charge is 0.373 e. The molecule has 0 bridgehead atoms. The molecule has 0 aromatic heterocycles. The minimum absolute atomic E-state index is 0.0605. The molecular weight excluding hydrogens is 284 g/mol. The van der Waals surface area contributed by atoms with Gasteiger partial charge in [0.05, 0.1) is 31.5 Å². The summed E-state index contributed by atoms with van der Waals surface area (Å²) >= 11 is 0. The van der Waals surface area contributed by atoms with Gasteiger partial charge in [0.1, 0.15) is 13.1 Å². The van der Waals surface area contributed by atoms with Gasteiger partial charge in [0, 0.05) is 26.4 Å². The van der Waals surface area contributed by atoms with Crippen LogP contribution in [0, 0.1) is 0 Å². The monoisotopic (exact) mass is 308 g/mol. The summed E-state index contributed by atoms with van der Waals surface area (Å²) in [6.45, 7) is 1.27. The van der Waals surface area contributed by atoms with Gasteiger partial charge in [-0.05, 0) is 5.56 Å². The van der Waals surface area contributed by atoms with Gasteiger partial charge >= 0.3 is 0 Å². The lowest BCUT2D eigenvalue weighted by Crippen LogP contribution is -2.39. The Hall–Kier alpha value is -1.27. The minimum atomic E-state index is -0.0943. The van der Waals surface area contributed by atoms with E-state index in [1.165, 1.54) is 0 Å². The first-order valence-electron chi connectivity index (χ1n) is 7.63. The van der Waals surface area contributed by atoms with Gasteiger partial charge in [0.25, 0.3) is 0 Å². The van der Waals surface area contributed by atoms with Crippen molar-refractivity contribution >= 4 is 6.29 Å². The van der Waals surface area contributed by atoms with Crippen molar-refractivity contribution < 1.29 is 23.7 Å². The van der Waals surface area contributed by atoms with Crippen LogP contribution in [-0.2, 0) is 30.3 Å². The topological polar surface area (TPSA) is 54.0 Å². The van der Waals surface area contributed by atoms with Crippen LogP contribution in [0.3, 0.4) is 0 Å². The molecule has 1 aromatic rings. The second-order valence-corrected chi connectivity index (χ2v) is 5.45. The highest BCUT2D eigenvalue weighted by Crippen LogP contribution is 2.25. The first kappa shape index (κ1) is 17.1. The van der Waals surface area contributed by atoms with Gasteiger partial charge < -0.3 is 23.7 Å². The first-order chi connectivity index (χ1) is 10.8. The number of carbonyl (C=O) groups excluding carboxylic acids is 1. The Morgan fingerprint density at radius 2 is 2.00 bits per heavy atom. The number of carbonyl (C=O) groups is 1. The van der Waals surface area contributed by atoms with Crippen molar-refractivity contribution in [3.63, 3.8) is 0 Å². The van der Waals surface area contributed by atoms with Crippen LogP contribution >= 0.6 is 0 Å². The second kappa shape index (κ2) is 9.69. The van der Waals surface area contributed by atoms with Crippen LogP contribution in [0.4, 0.5) is 0 Å². The SMILES string of the molecule is COCOC[C@H]1C[C@H](OCc2ccccc2)C[C@@H](CC=O)O1.